The highest BCUT2D eigenvalue weighted by Crippen LogP contribution is 2.30. The second-order valence-corrected chi connectivity index (χ2v) is 8.42. The predicted octanol–water partition coefficient (Wildman–Crippen LogP) is 3.79. The molecule has 0 spiro atoms. The van der Waals surface area contributed by atoms with Crippen LogP contribution in [0.15, 0.2) is 41.4 Å². The molecule has 7 nitrogen and oxygen atoms in total. The molecule has 1 atom stereocenters. The van der Waals surface area contributed by atoms with Crippen molar-refractivity contribution in [1.29, 1.82) is 0 Å². The zero-order chi connectivity index (χ0) is 20.2. The zero-order valence-corrected chi connectivity index (χ0v) is 17.1. The summed E-state index contributed by atoms with van der Waals surface area (Å²) in [6.45, 7) is 4.98. The van der Waals surface area contributed by atoms with E-state index in [0.29, 0.717) is 30.8 Å². The van der Waals surface area contributed by atoms with Crippen molar-refractivity contribution in [2.75, 3.05) is 36.5 Å². The number of cyclic esters (lactones) is 1. The molecule has 0 unspecified atom stereocenters. The lowest BCUT2D eigenvalue weighted by Gasteiger charge is -2.34. The summed E-state index contributed by atoms with van der Waals surface area (Å²) < 4.78 is 20.4. The Balaban J connectivity index is 1.29. The number of halogens is 1. The molecule has 29 heavy (non-hydrogen) atoms. The number of piperidine rings is 1. The first kappa shape index (κ1) is 19.9. The summed E-state index contributed by atoms with van der Waals surface area (Å²) in [6, 6.07) is 8.56. The number of anilines is 2. The lowest BCUT2D eigenvalue weighted by molar-refractivity contribution is 0.181. The first-order chi connectivity index (χ1) is 14.1. The second kappa shape index (κ2) is 8.96. The molecule has 2 saturated heterocycles. The van der Waals surface area contributed by atoms with Crippen LogP contribution in [0.3, 0.4) is 0 Å². The summed E-state index contributed by atoms with van der Waals surface area (Å²) in [6.07, 6.45) is 3.40. The van der Waals surface area contributed by atoms with Crippen LogP contribution in [0.25, 0.3) is 0 Å². The minimum atomic E-state index is -0.367. The van der Waals surface area contributed by atoms with Crippen molar-refractivity contribution < 1.29 is 13.9 Å². The van der Waals surface area contributed by atoms with Crippen LogP contribution in [0, 0.1) is 11.7 Å². The van der Waals surface area contributed by atoms with E-state index in [-0.39, 0.29) is 18.0 Å². The lowest BCUT2D eigenvalue weighted by Crippen LogP contribution is -2.36. The Morgan fingerprint density at radius 2 is 1.97 bits per heavy atom. The number of ether oxygens (including phenoxy) is 1. The Labute approximate surface area is 173 Å². The van der Waals surface area contributed by atoms with Gasteiger partial charge in [-0.15, -0.1) is 0 Å². The van der Waals surface area contributed by atoms with E-state index in [1.54, 1.807) is 24.2 Å². The SMILES string of the molecule is C[C@H](Nc1nccc(N2CCOC2=O)n1)C1CCN(Sc2ccc(F)cc2)CC1. The highest BCUT2D eigenvalue weighted by atomic mass is 32.2. The van der Waals surface area contributed by atoms with Crippen molar-refractivity contribution in [3.05, 3.63) is 42.3 Å². The summed E-state index contributed by atoms with van der Waals surface area (Å²) in [5.41, 5.74) is 0. The minimum absolute atomic E-state index is 0.208. The number of carbonyl (C=O) groups is 1. The van der Waals surface area contributed by atoms with Gasteiger partial charge in [-0.05, 0) is 68.0 Å². The molecular formula is C20H24FN5O2S. The molecule has 1 aromatic heterocycles. The molecule has 0 aliphatic carbocycles. The van der Waals surface area contributed by atoms with E-state index in [1.165, 1.54) is 17.0 Å². The van der Waals surface area contributed by atoms with Gasteiger partial charge in [-0.3, -0.25) is 4.90 Å². The van der Waals surface area contributed by atoms with E-state index < -0.39 is 0 Å². The van der Waals surface area contributed by atoms with Gasteiger partial charge in [0.15, 0.2) is 0 Å². The molecule has 3 heterocycles. The lowest BCUT2D eigenvalue weighted by atomic mass is 9.91. The van der Waals surface area contributed by atoms with Gasteiger partial charge in [-0.2, -0.15) is 4.98 Å². The van der Waals surface area contributed by atoms with Crippen LogP contribution in [0.2, 0.25) is 0 Å². The number of carbonyl (C=O) groups excluding carboxylic acids is 1. The van der Waals surface area contributed by atoms with Crippen molar-refractivity contribution in [1.82, 2.24) is 14.3 Å². The zero-order valence-electron chi connectivity index (χ0n) is 16.3. The van der Waals surface area contributed by atoms with Gasteiger partial charge in [0.25, 0.3) is 0 Å². The van der Waals surface area contributed by atoms with E-state index in [1.807, 2.05) is 12.1 Å². The first-order valence-electron chi connectivity index (χ1n) is 9.81. The van der Waals surface area contributed by atoms with Crippen LogP contribution in [-0.4, -0.2) is 52.6 Å². The van der Waals surface area contributed by atoms with Crippen molar-refractivity contribution in [3.63, 3.8) is 0 Å². The van der Waals surface area contributed by atoms with Gasteiger partial charge in [0, 0.05) is 30.2 Å². The van der Waals surface area contributed by atoms with Gasteiger partial charge < -0.3 is 10.1 Å². The quantitative estimate of drug-likeness (QED) is 0.717. The normalized spacial score (nSPS) is 19.2. The van der Waals surface area contributed by atoms with Crippen molar-refractivity contribution in [2.45, 2.75) is 30.7 Å². The van der Waals surface area contributed by atoms with E-state index in [0.717, 1.165) is 30.8 Å². The molecule has 2 fully saturated rings. The average Bonchev–Trinajstić information content (AvgIpc) is 3.16. The van der Waals surface area contributed by atoms with Crippen molar-refractivity contribution in [3.8, 4) is 0 Å². The van der Waals surface area contributed by atoms with Gasteiger partial charge in [0.2, 0.25) is 5.95 Å². The maximum atomic E-state index is 13.1. The topological polar surface area (TPSA) is 70.6 Å². The monoisotopic (exact) mass is 417 g/mol. The van der Waals surface area contributed by atoms with Gasteiger partial charge in [-0.1, -0.05) is 0 Å². The fourth-order valence-corrected chi connectivity index (χ4v) is 4.55. The second-order valence-electron chi connectivity index (χ2n) is 7.25. The molecule has 1 amide bonds. The molecule has 9 heteroatoms. The predicted molar refractivity (Wildman–Crippen MR) is 110 cm³/mol. The molecule has 2 aliphatic rings. The molecule has 154 valence electrons. The van der Waals surface area contributed by atoms with E-state index >= 15 is 0 Å². The molecule has 0 radical (unpaired) electrons. The number of amides is 1. The fourth-order valence-electron chi connectivity index (χ4n) is 3.60. The van der Waals surface area contributed by atoms with Crippen LogP contribution in [-0.2, 0) is 4.74 Å². The summed E-state index contributed by atoms with van der Waals surface area (Å²) in [4.78, 5) is 23.1. The molecule has 2 aromatic rings. The summed E-state index contributed by atoms with van der Waals surface area (Å²) in [5.74, 6) is 1.38. The summed E-state index contributed by atoms with van der Waals surface area (Å²) in [5, 5.41) is 3.39. The van der Waals surface area contributed by atoms with Gasteiger partial charge in [0.05, 0.1) is 6.54 Å². The third kappa shape index (κ3) is 4.97. The Hall–Kier alpha value is -2.39. The van der Waals surface area contributed by atoms with E-state index in [2.05, 4.69) is 26.5 Å². The van der Waals surface area contributed by atoms with Crippen LogP contribution < -0.4 is 10.2 Å². The standard InChI is InChI=1S/C20H24FN5O2S/c1-14(23-19-22-9-6-18(24-19)26-12-13-28-20(26)27)15-7-10-25(11-8-15)29-17-4-2-16(21)3-5-17/h2-6,9,14-15H,7-8,10-13H2,1H3,(H,22,23,24)/t14-/m0/s1. The van der Waals surface area contributed by atoms with E-state index in [9.17, 15) is 9.18 Å². The highest BCUT2D eigenvalue weighted by Gasteiger charge is 2.27. The van der Waals surface area contributed by atoms with Gasteiger partial charge in [0.1, 0.15) is 18.2 Å². The number of benzene rings is 1. The number of nitrogens with zero attached hydrogens (tertiary/aromatic N) is 4. The number of nitrogens with one attached hydrogen (secondary N) is 1. The van der Waals surface area contributed by atoms with Gasteiger partial charge in [-0.25, -0.2) is 18.5 Å². The maximum absolute atomic E-state index is 13.1. The Bertz CT molecular complexity index is 845. The third-order valence-electron chi connectivity index (χ3n) is 5.29. The third-order valence-corrected chi connectivity index (χ3v) is 6.40. The number of rotatable bonds is 6. The molecular weight excluding hydrogens is 393 g/mol. The number of aromatic nitrogens is 2. The first-order valence-corrected chi connectivity index (χ1v) is 10.6. The molecule has 0 saturated carbocycles. The molecule has 1 N–H and O–H groups in total. The Morgan fingerprint density at radius 3 is 2.66 bits per heavy atom. The number of hydrogen-bond donors (Lipinski definition) is 1. The van der Waals surface area contributed by atoms with Crippen LogP contribution in [0.5, 0.6) is 0 Å². The van der Waals surface area contributed by atoms with Crippen LogP contribution in [0.4, 0.5) is 21.0 Å². The average molecular weight is 418 g/mol. The van der Waals surface area contributed by atoms with Gasteiger partial charge >= 0.3 is 6.09 Å². The summed E-state index contributed by atoms with van der Waals surface area (Å²) in [7, 11) is 0. The minimum Gasteiger partial charge on any atom is -0.447 e. The highest BCUT2D eigenvalue weighted by molar-refractivity contribution is 7.97. The van der Waals surface area contributed by atoms with Crippen LogP contribution in [0.1, 0.15) is 19.8 Å². The summed E-state index contributed by atoms with van der Waals surface area (Å²) >= 11 is 1.68. The molecule has 4 rings (SSSR count). The molecule has 2 aliphatic heterocycles. The Kier molecular flexibility index (Phi) is 6.15. The largest absolute Gasteiger partial charge is 0.447 e. The van der Waals surface area contributed by atoms with Crippen LogP contribution >= 0.6 is 11.9 Å². The number of hydrogen-bond acceptors (Lipinski definition) is 7. The van der Waals surface area contributed by atoms with E-state index in [4.69, 9.17) is 4.74 Å². The van der Waals surface area contributed by atoms with Crippen molar-refractivity contribution >= 4 is 29.8 Å². The fraction of sp³-hybridized carbons (Fsp3) is 0.450. The maximum Gasteiger partial charge on any atom is 0.415 e. The van der Waals surface area contributed by atoms with Crippen molar-refractivity contribution in [2.24, 2.45) is 5.92 Å². The molecule has 1 aromatic carbocycles. The Morgan fingerprint density at radius 1 is 1.21 bits per heavy atom. The molecule has 0 bridgehead atoms. The smallest absolute Gasteiger partial charge is 0.415 e.